The maximum atomic E-state index is 9.49. The third-order valence-corrected chi connectivity index (χ3v) is 3.95. The van der Waals surface area contributed by atoms with Gasteiger partial charge in [0.25, 0.3) is 0 Å². The lowest BCUT2D eigenvalue weighted by atomic mass is 9.97. The number of hydrogen-bond acceptors (Lipinski definition) is 3. The highest BCUT2D eigenvalue weighted by molar-refractivity contribution is 5.30. The van der Waals surface area contributed by atoms with E-state index in [9.17, 15) is 5.11 Å². The maximum absolute atomic E-state index is 9.49. The van der Waals surface area contributed by atoms with E-state index in [1.54, 1.807) is 7.11 Å². The van der Waals surface area contributed by atoms with Gasteiger partial charge in [-0.05, 0) is 36.1 Å². The minimum absolute atomic E-state index is 0.107. The van der Waals surface area contributed by atoms with Crippen LogP contribution in [0.2, 0.25) is 0 Å². The van der Waals surface area contributed by atoms with Crippen molar-refractivity contribution in [2.45, 2.75) is 31.8 Å². The molecular formula is C19H25NO2. The highest BCUT2D eigenvalue weighted by Gasteiger charge is 2.16. The molecule has 118 valence electrons. The molecule has 2 rings (SSSR count). The lowest BCUT2D eigenvalue weighted by Crippen LogP contribution is -2.36. The van der Waals surface area contributed by atoms with E-state index in [1.807, 2.05) is 18.2 Å². The first-order chi connectivity index (χ1) is 10.8. The molecule has 0 aliphatic heterocycles. The molecule has 22 heavy (non-hydrogen) atoms. The third-order valence-electron chi connectivity index (χ3n) is 3.95. The minimum Gasteiger partial charge on any atom is -0.497 e. The van der Waals surface area contributed by atoms with E-state index < -0.39 is 0 Å². The van der Waals surface area contributed by atoms with Crippen LogP contribution in [0.1, 0.15) is 30.5 Å². The molecule has 0 radical (unpaired) electrons. The smallest absolute Gasteiger partial charge is 0.118 e. The molecule has 0 aliphatic carbocycles. The van der Waals surface area contributed by atoms with E-state index >= 15 is 0 Å². The summed E-state index contributed by atoms with van der Waals surface area (Å²) in [6, 6.07) is 18.8. The first kappa shape index (κ1) is 16.5. The van der Waals surface area contributed by atoms with Gasteiger partial charge >= 0.3 is 0 Å². The quantitative estimate of drug-likeness (QED) is 0.785. The van der Waals surface area contributed by atoms with Gasteiger partial charge in [0, 0.05) is 12.1 Å². The van der Waals surface area contributed by atoms with Gasteiger partial charge < -0.3 is 15.2 Å². The Morgan fingerprint density at radius 3 is 2.27 bits per heavy atom. The van der Waals surface area contributed by atoms with Crippen LogP contribution >= 0.6 is 0 Å². The van der Waals surface area contributed by atoms with Gasteiger partial charge in [-0.3, -0.25) is 0 Å². The molecule has 0 spiro atoms. The van der Waals surface area contributed by atoms with Crippen LogP contribution in [0.25, 0.3) is 0 Å². The number of rotatable bonds is 8. The Morgan fingerprint density at radius 1 is 1.05 bits per heavy atom. The summed E-state index contributed by atoms with van der Waals surface area (Å²) in [7, 11) is 1.67. The first-order valence-corrected chi connectivity index (χ1v) is 7.81. The van der Waals surface area contributed by atoms with Gasteiger partial charge in [-0.25, -0.2) is 0 Å². The highest BCUT2D eigenvalue weighted by Crippen LogP contribution is 2.22. The second kappa shape index (κ2) is 8.57. The van der Waals surface area contributed by atoms with Crippen molar-refractivity contribution in [3.05, 3.63) is 65.7 Å². The summed E-state index contributed by atoms with van der Waals surface area (Å²) in [6.45, 7) is 2.24. The standard InChI is InChI=1S/C19H25NO2/c1-3-17(14-21)20-19(13-15-7-5-4-6-8-15)16-9-11-18(22-2)12-10-16/h4-12,17,19-21H,3,13-14H2,1-2H3/t17-,19+/m0/s1. The van der Waals surface area contributed by atoms with Crippen LogP contribution in [0.5, 0.6) is 5.75 Å². The van der Waals surface area contributed by atoms with Gasteiger partial charge in [0.1, 0.15) is 5.75 Å². The van der Waals surface area contributed by atoms with Crippen molar-refractivity contribution in [1.82, 2.24) is 5.32 Å². The predicted molar refractivity (Wildman–Crippen MR) is 90.2 cm³/mol. The average Bonchev–Trinajstić information content (AvgIpc) is 2.59. The van der Waals surface area contributed by atoms with Crippen molar-refractivity contribution in [3.8, 4) is 5.75 Å². The molecule has 2 aromatic carbocycles. The summed E-state index contributed by atoms with van der Waals surface area (Å²) in [6.07, 6.45) is 1.79. The van der Waals surface area contributed by atoms with Gasteiger partial charge in [-0.2, -0.15) is 0 Å². The SMILES string of the molecule is CC[C@@H](CO)N[C@H](Cc1ccccc1)c1ccc(OC)cc1. The zero-order valence-electron chi connectivity index (χ0n) is 13.3. The Balaban J connectivity index is 2.19. The van der Waals surface area contributed by atoms with Crippen LogP contribution in [0, 0.1) is 0 Å². The number of hydrogen-bond donors (Lipinski definition) is 2. The fourth-order valence-electron chi connectivity index (χ4n) is 2.54. The maximum Gasteiger partial charge on any atom is 0.118 e. The molecule has 0 saturated heterocycles. The van der Waals surface area contributed by atoms with Crippen LogP contribution < -0.4 is 10.1 Å². The summed E-state index contributed by atoms with van der Waals surface area (Å²) in [5, 5.41) is 13.1. The van der Waals surface area contributed by atoms with Crippen LogP contribution in [0.4, 0.5) is 0 Å². The largest absolute Gasteiger partial charge is 0.497 e. The molecule has 0 amide bonds. The summed E-state index contributed by atoms with van der Waals surface area (Å²) >= 11 is 0. The Kier molecular flexibility index (Phi) is 6.44. The molecule has 0 heterocycles. The fraction of sp³-hybridized carbons (Fsp3) is 0.368. The van der Waals surface area contributed by atoms with Crippen molar-refractivity contribution in [2.24, 2.45) is 0 Å². The minimum atomic E-state index is 0.107. The summed E-state index contributed by atoms with van der Waals surface area (Å²) in [5.74, 6) is 0.858. The Labute approximate surface area is 133 Å². The molecule has 0 aliphatic rings. The molecule has 2 aromatic rings. The molecule has 0 bridgehead atoms. The number of benzene rings is 2. The van der Waals surface area contributed by atoms with Crippen molar-refractivity contribution in [1.29, 1.82) is 0 Å². The molecule has 0 fully saturated rings. The van der Waals surface area contributed by atoms with E-state index in [4.69, 9.17) is 4.74 Å². The second-order valence-electron chi connectivity index (χ2n) is 5.47. The van der Waals surface area contributed by atoms with Crippen LogP contribution in [-0.4, -0.2) is 24.9 Å². The zero-order chi connectivity index (χ0) is 15.8. The van der Waals surface area contributed by atoms with Gasteiger partial charge in [0.15, 0.2) is 0 Å². The second-order valence-corrected chi connectivity index (χ2v) is 5.47. The fourth-order valence-corrected chi connectivity index (χ4v) is 2.54. The topological polar surface area (TPSA) is 41.5 Å². The summed E-state index contributed by atoms with van der Waals surface area (Å²) in [4.78, 5) is 0. The molecule has 3 nitrogen and oxygen atoms in total. The van der Waals surface area contributed by atoms with E-state index in [0.29, 0.717) is 0 Å². The van der Waals surface area contributed by atoms with Gasteiger partial charge in [0.2, 0.25) is 0 Å². The Bertz CT molecular complexity index is 535. The lowest BCUT2D eigenvalue weighted by molar-refractivity contribution is 0.227. The van der Waals surface area contributed by atoms with E-state index in [-0.39, 0.29) is 18.7 Å². The number of aliphatic hydroxyl groups excluding tert-OH is 1. The molecule has 2 atom stereocenters. The van der Waals surface area contributed by atoms with Crippen LogP contribution in [0.15, 0.2) is 54.6 Å². The van der Waals surface area contributed by atoms with Crippen molar-refractivity contribution >= 4 is 0 Å². The third kappa shape index (κ3) is 4.58. The molecule has 0 aromatic heterocycles. The van der Waals surface area contributed by atoms with Gasteiger partial charge in [0.05, 0.1) is 13.7 Å². The van der Waals surface area contributed by atoms with Crippen molar-refractivity contribution in [3.63, 3.8) is 0 Å². The molecule has 0 unspecified atom stereocenters. The number of ether oxygens (including phenoxy) is 1. The summed E-state index contributed by atoms with van der Waals surface area (Å²) < 4.78 is 5.23. The number of nitrogens with one attached hydrogen (secondary N) is 1. The molecule has 3 heteroatoms. The zero-order valence-corrected chi connectivity index (χ0v) is 13.3. The number of methoxy groups -OCH3 is 1. The van der Waals surface area contributed by atoms with Crippen molar-refractivity contribution < 1.29 is 9.84 Å². The monoisotopic (exact) mass is 299 g/mol. The van der Waals surface area contributed by atoms with E-state index in [2.05, 4.69) is 48.6 Å². The number of aliphatic hydroxyl groups is 1. The normalized spacial score (nSPS) is 13.6. The predicted octanol–water partition coefficient (Wildman–Crippen LogP) is 3.34. The van der Waals surface area contributed by atoms with Crippen LogP contribution in [0.3, 0.4) is 0 Å². The van der Waals surface area contributed by atoms with Gasteiger partial charge in [-0.1, -0.05) is 49.4 Å². The van der Waals surface area contributed by atoms with E-state index in [1.165, 1.54) is 11.1 Å². The van der Waals surface area contributed by atoms with Gasteiger partial charge in [-0.15, -0.1) is 0 Å². The summed E-state index contributed by atoms with van der Waals surface area (Å²) in [5.41, 5.74) is 2.49. The van der Waals surface area contributed by atoms with Crippen molar-refractivity contribution in [2.75, 3.05) is 13.7 Å². The van der Waals surface area contributed by atoms with E-state index in [0.717, 1.165) is 18.6 Å². The molecular weight excluding hydrogens is 274 g/mol. The lowest BCUT2D eigenvalue weighted by Gasteiger charge is -2.25. The highest BCUT2D eigenvalue weighted by atomic mass is 16.5. The Morgan fingerprint density at radius 2 is 1.73 bits per heavy atom. The molecule has 0 saturated carbocycles. The first-order valence-electron chi connectivity index (χ1n) is 7.81. The Hall–Kier alpha value is -1.84. The average molecular weight is 299 g/mol. The molecule has 2 N–H and O–H groups in total. The van der Waals surface area contributed by atoms with Crippen LogP contribution in [-0.2, 0) is 6.42 Å².